The number of aliphatic hydroxyl groups excluding tert-OH is 5. The van der Waals surface area contributed by atoms with Crippen LogP contribution < -0.4 is 0 Å². The predicted molar refractivity (Wildman–Crippen MR) is 66.1 cm³/mol. The Morgan fingerprint density at radius 2 is 1.33 bits per heavy atom. The van der Waals surface area contributed by atoms with E-state index < -0.39 is 18.3 Å². The van der Waals surface area contributed by atoms with E-state index in [1.165, 1.54) is 0 Å². The number of hydrogen-bond acceptors (Lipinski definition) is 6. The third kappa shape index (κ3) is 6.08. The van der Waals surface area contributed by atoms with Gasteiger partial charge in [-0.1, -0.05) is 0 Å². The van der Waals surface area contributed by atoms with Crippen molar-refractivity contribution in [3.63, 3.8) is 0 Å². The van der Waals surface area contributed by atoms with Crippen LogP contribution in [0.25, 0.3) is 0 Å². The third-order valence-corrected chi connectivity index (χ3v) is 2.99. The third-order valence-electron chi connectivity index (χ3n) is 2.99. The van der Waals surface area contributed by atoms with Crippen molar-refractivity contribution in [2.45, 2.75) is 43.8 Å². The molecule has 0 saturated carbocycles. The van der Waals surface area contributed by atoms with Crippen molar-refractivity contribution in [1.82, 2.24) is 0 Å². The van der Waals surface area contributed by atoms with E-state index in [-0.39, 0.29) is 26.4 Å². The maximum atomic E-state index is 9.92. The van der Waals surface area contributed by atoms with Gasteiger partial charge in [0.15, 0.2) is 0 Å². The number of rotatable bonds is 12. The van der Waals surface area contributed by atoms with Gasteiger partial charge in [0, 0.05) is 26.4 Å². The van der Waals surface area contributed by atoms with Gasteiger partial charge in [0.05, 0.1) is 12.2 Å². The molecule has 0 aliphatic heterocycles. The summed E-state index contributed by atoms with van der Waals surface area (Å²) in [6, 6.07) is 0. The van der Waals surface area contributed by atoms with Gasteiger partial charge >= 0.3 is 0 Å². The predicted octanol–water partition coefficient (Wildman–Crippen LogP) is -0.978. The maximum absolute atomic E-state index is 9.92. The second-order valence-electron chi connectivity index (χ2n) is 4.34. The Balaban J connectivity index is 4.62. The van der Waals surface area contributed by atoms with E-state index in [9.17, 15) is 5.11 Å². The highest BCUT2D eigenvalue weighted by Crippen LogP contribution is 2.28. The molecule has 0 saturated heterocycles. The van der Waals surface area contributed by atoms with Gasteiger partial charge in [-0.3, -0.25) is 0 Å². The first kappa shape index (κ1) is 17.8. The molecule has 1 atom stereocenters. The summed E-state index contributed by atoms with van der Waals surface area (Å²) in [5, 5.41) is 45.6. The lowest BCUT2D eigenvalue weighted by atomic mass is 9.86. The number of aliphatic hydroxyl groups is 5. The molecule has 1 unspecified atom stereocenters. The quantitative estimate of drug-likeness (QED) is 0.290. The Hall–Kier alpha value is -0.240. The van der Waals surface area contributed by atoms with E-state index in [4.69, 9.17) is 25.2 Å². The molecule has 6 heteroatoms. The Labute approximate surface area is 108 Å². The molecule has 0 rings (SSSR count). The zero-order valence-corrected chi connectivity index (χ0v) is 10.8. The highest BCUT2D eigenvalue weighted by molar-refractivity contribution is 4.88. The molecule has 0 aromatic carbocycles. The minimum atomic E-state index is -1.06. The summed E-state index contributed by atoms with van der Waals surface area (Å²) in [6.07, 6.45) is 1.07. The summed E-state index contributed by atoms with van der Waals surface area (Å²) < 4.78 is 5.63. The van der Waals surface area contributed by atoms with Crippen LogP contribution in [-0.4, -0.2) is 70.3 Å². The van der Waals surface area contributed by atoms with E-state index in [1.807, 2.05) is 0 Å². The summed E-state index contributed by atoms with van der Waals surface area (Å²) in [7, 11) is 0. The van der Waals surface area contributed by atoms with Crippen LogP contribution in [0.4, 0.5) is 0 Å². The molecular weight excluding hydrogens is 240 g/mol. The van der Waals surface area contributed by atoms with Gasteiger partial charge in [0.25, 0.3) is 0 Å². The van der Waals surface area contributed by atoms with Gasteiger partial charge < -0.3 is 30.3 Å². The van der Waals surface area contributed by atoms with Crippen molar-refractivity contribution < 1.29 is 30.3 Å². The Morgan fingerprint density at radius 1 is 0.833 bits per heavy atom. The molecular formula is C12H26O6. The van der Waals surface area contributed by atoms with Gasteiger partial charge in [0.2, 0.25) is 0 Å². The fraction of sp³-hybridized carbons (Fsp3) is 1.00. The molecule has 5 N–H and O–H groups in total. The first-order valence-electron chi connectivity index (χ1n) is 6.42. The fourth-order valence-corrected chi connectivity index (χ4v) is 1.96. The smallest absolute Gasteiger partial charge is 0.106 e. The van der Waals surface area contributed by atoms with Crippen molar-refractivity contribution in [3.05, 3.63) is 0 Å². The Kier molecular flexibility index (Phi) is 10.5. The van der Waals surface area contributed by atoms with E-state index >= 15 is 0 Å². The van der Waals surface area contributed by atoms with Crippen molar-refractivity contribution >= 4 is 0 Å². The first-order chi connectivity index (χ1) is 8.66. The average molecular weight is 266 g/mol. The largest absolute Gasteiger partial charge is 0.396 e. The molecule has 0 aromatic rings. The fourth-order valence-electron chi connectivity index (χ4n) is 1.96. The molecule has 6 nitrogen and oxygen atoms in total. The van der Waals surface area contributed by atoms with Crippen molar-refractivity contribution in [3.8, 4) is 0 Å². The first-order valence-corrected chi connectivity index (χ1v) is 6.42. The van der Waals surface area contributed by atoms with Crippen molar-refractivity contribution in [2.24, 2.45) is 0 Å². The van der Waals surface area contributed by atoms with Gasteiger partial charge in [0.1, 0.15) is 6.10 Å². The number of hydrogen-bond donors (Lipinski definition) is 5. The van der Waals surface area contributed by atoms with Crippen LogP contribution in [0.2, 0.25) is 0 Å². The van der Waals surface area contributed by atoms with Gasteiger partial charge in [-0.2, -0.15) is 0 Å². The van der Waals surface area contributed by atoms with Gasteiger partial charge in [-0.05, 0) is 32.1 Å². The molecule has 18 heavy (non-hydrogen) atoms. The monoisotopic (exact) mass is 266 g/mol. The van der Waals surface area contributed by atoms with E-state index in [0.717, 1.165) is 0 Å². The van der Waals surface area contributed by atoms with Gasteiger partial charge in [-0.15, -0.1) is 0 Å². The SMILES string of the molecule is OCCCOC(CCCO)(CCCO)C(O)CO. The molecule has 0 fully saturated rings. The highest BCUT2D eigenvalue weighted by atomic mass is 16.5. The summed E-state index contributed by atoms with van der Waals surface area (Å²) in [5.41, 5.74) is -0.963. The minimum Gasteiger partial charge on any atom is -0.396 e. The summed E-state index contributed by atoms with van der Waals surface area (Å²) in [6.45, 7) is -0.226. The van der Waals surface area contributed by atoms with Crippen LogP contribution in [0.1, 0.15) is 32.1 Å². The Bertz CT molecular complexity index is 179. The highest BCUT2D eigenvalue weighted by Gasteiger charge is 2.37. The zero-order valence-electron chi connectivity index (χ0n) is 10.8. The molecule has 0 heterocycles. The summed E-state index contributed by atoms with van der Waals surface area (Å²) in [5.74, 6) is 0. The maximum Gasteiger partial charge on any atom is 0.106 e. The second-order valence-corrected chi connectivity index (χ2v) is 4.34. The lowest BCUT2D eigenvalue weighted by Crippen LogP contribution is -2.47. The summed E-state index contributed by atoms with van der Waals surface area (Å²) >= 11 is 0. The van der Waals surface area contributed by atoms with Crippen LogP contribution >= 0.6 is 0 Å². The normalized spacial score (nSPS) is 13.8. The minimum absolute atomic E-state index is 0.00863. The van der Waals surface area contributed by atoms with E-state index in [0.29, 0.717) is 32.1 Å². The zero-order chi connectivity index (χ0) is 13.9. The summed E-state index contributed by atoms with van der Waals surface area (Å²) in [4.78, 5) is 0. The molecule has 110 valence electrons. The van der Waals surface area contributed by atoms with Gasteiger partial charge in [-0.25, -0.2) is 0 Å². The van der Waals surface area contributed by atoms with Crippen LogP contribution in [0, 0.1) is 0 Å². The van der Waals surface area contributed by atoms with Crippen LogP contribution in [-0.2, 0) is 4.74 Å². The van der Waals surface area contributed by atoms with Crippen LogP contribution in [0.15, 0.2) is 0 Å². The molecule has 0 aromatic heterocycles. The molecule has 0 amide bonds. The van der Waals surface area contributed by atoms with Crippen molar-refractivity contribution in [2.75, 3.05) is 33.0 Å². The van der Waals surface area contributed by atoms with E-state index in [2.05, 4.69) is 0 Å². The number of ether oxygens (including phenoxy) is 1. The van der Waals surface area contributed by atoms with Crippen LogP contribution in [0.5, 0.6) is 0 Å². The van der Waals surface area contributed by atoms with Crippen LogP contribution in [0.3, 0.4) is 0 Å². The topological polar surface area (TPSA) is 110 Å². The Morgan fingerprint density at radius 3 is 1.72 bits per heavy atom. The molecule has 0 bridgehead atoms. The van der Waals surface area contributed by atoms with Crippen molar-refractivity contribution in [1.29, 1.82) is 0 Å². The average Bonchev–Trinajstić information content (AvgIpc) is 2.40. The second kappa shape index (κ2) is 10.7. The molecule has 0 radical (unpaired) electrons. The molecule has 0 aliphatic carbocycles. The molecule has 0 aliphatic rings. The lowest BCUT2D eigenvalue weighted by Gasteiger charge is -2.37. The standard InChI is InChI=1S/C12H26O6/c13-6-1-4-12(5-2-7-14,11(17)10-16)18-9-3-8-15/h11,13-17H,1-10H2. The van der Waals surface area contributed by atoms with E-state index in [1.54, 1.807) is 0 Å². The lowest BCUT2D eigenvalue weighted by molar-refractivity contribution is -0.150. The molecule has 0 spiro atoms.